The van der Waals surface area contributed by atoms with Crippen LogP contribution in [0.1, 0.15) is 52.2 Å². The molecule has 3 rings (SSSR count). The number of anilines is 1. The molecule has 0 heterocycles. The standard InChI is InChI=1S/C32H40ClN3O5S/c1-7-29(31(38)34-32(4,5)6)35(21-24-11-9-23(3)10-12-24)30(37)22-36(26-15-17-27(18-16-26)41-8-2)42(39,40)28-19-13-25(33)14-20-28/h9-20,29H,7-8,21-22H2,1-6H3,(H,34,38)/t29-/m1/s1. The number of sulfonamides is 1. The van der Waals surface area contributed by atoms with Gasteiger partial charge < -0.3 is 15.0 Å². The molecule has 0 aliphatic carbocycles. The van der Waals surface area contributed by atoms with Gasteiger partial charge in [0.25, 0.3) is 10.0 Å². The average Bonchev–Trinajstić information content (AvgIpc) is 2.92. The summed E-state index contributed by atoms with van der Waals surface area (Å²) in [7, 11) is -4.20. The Labute approximate surface area is 254 Å². The number of carbonyl (C=O) groups excluding carboxylic acids is 2. The number of benzene rings is 3. The molecular formula is C32H40ClN3O5S. The third kappa shape index (κ3) is 8.72. The molecule has 0 spiro atoms. The number of carbonyl (C=O) groups is 2. The van der Waals surface area contributed by atoms with E-state index in [1.165, 1.54) is 29.2 Å². The van der Waals surface area contributed by atoms with Gasteiger partial charge in [0.05, 0.1) is 17.2 Å². The highest BCUT2D eigenvalue weighted by atomic mass is 35.5. The Morgan fingerprint density at radius 2 is 1.52 bits per heavy atom. The van der Waals surface area contributed by atoms with E-state index in [-0.39, 0.29) is 23.0 Å². The molecule has 0 saturated carbocycles. The molecule has 1 N–H and O–H groups in total. The van der Waals surface area contributed by atoms with Crippen molar-refractivity contribution in [1.29, 1.82) is 0 Å². The maximum atomic E-state index is 14.2. The number of halogens is 1. The number of hydrogen-bond acceptors (Lipinski definition) is 5. The normalized spacial score (nSPS) is 12.4. The third-order valence-corrected chi connectivity index (χ3v) is 8.51. The molecule has 8 nitrogen and oxygen atoms in total. The van der Waals surface area contributed by atoms with Crippen LogP contribution in [0.2, 0.25) is 5.02 Å². The zero-order valence-corrected chi connectivity index (χ0v) is 26.6. The molecule has 2 amide bonds. The fourth-order valence-electron chi connectivity index (χ4n) is 4.40. The van der Waals surface area contributed by atoms with E-state index in [1.54, 1.807) is 24.3 Å². The number of amides is 2. The van der Waals surface area contributed by atoms with Crippen molar-refractivity contribution in [2.75, 3.05) is 17.5 Å². The van der Waals surface area contributed by atoms with Crippen LogP contribution in [0.15, 0.2) is 77.7 Å². The summed E-state index contributed by atoms with van der Waals surface area (Å²) in [5.41, 5.74) is 1.65. The number of hydrogen-bond donors (Lipinski definition) is 1. The lowest BCUT2D eigenvalue weighted by Gasteiger charge is -2.34. The topological polar surface area (TPSA) is 96.0 Å². The van der Waals surface area contributed by atoms with Crippen LogP contribution in [0, 0.1) is 6.92 Å². The largest absolute Gasteiger partial charge is 0.494 e. The Morgan fingerprint density at radius 3 is 2.05 bits per heavy atom. The first kappa shape index (κ1) is 32.9. The number of ether oxygens (including phenoxy) is 1. The summed E-state index contributed by atoms with van der Waals surface area (Å²) in [5, 5.41) is 3.36. The van der Waals surface area contributed by atoms with E-state index in [1.807, 2.05) is 65.8 Å². The van der Waals surface area contributed by atoms with Crippen LogP contribution in [0.4, 0.5) is 5.69 Å². The predicted molar refractivity (Wildman–Crippen MR) is 167 cm³/mol. The van der Waals surface area contributed by atoms with Crippen LogP contribution in [-0.2, 0) is 26.2 Å². The molecule has 226 valence electrons. The molecule has 0 bridgehead atoms. The van der Waals surface area contributed by atoms with Gasteiger partial charge in [-0.15, -0.1) is 0 Å². The summed E-state index contributed by atoms with van der Waals surface area (Å²) in [4.78, 5) is 29.0. The Morgan fingerprint density at radius 1 is 0.929 bits per heavy atom. The molecule has 3 aromatic carbocycles. The minimum Gasteiger partial charge on any atom is -0.494 e. The van der Waals surface area contributed by atoms with Gasteiger partial charge in [-0.1, -0.05) is 48.4 Å². The van der Waals surface area contributed by atoms with Crippen molar-refractivity contribution in [2.45, 2.75) is 71.0 Å². The fraction of sp³-hybridized carbons (Fsp3) is 0.375. The molecule has 42 heavy (non-hydrogen) atoms. The van der Waals surface area contributed by atoms with Gasteiger partial charge >= 0.3 is 0 Å². The lowest BCUT2D eigenvalue weighted by molar-refractivity contribution is -0.141. The lowest BCUT2D eigenvalue weighted by Crippen LogP contribution is -2.55. The van der Waals surface area contributed by atoms with E-state index in [0.29, 0.717) is 23.8 Å². The van der Waals surface area contributed by atoms with Crippen molar-refractivity contribution in [3.05, 3.63) is 88.9 Å². The Balaban J connectivity index is 2.07. The SMILES string of the molecule is CCOc1ccc(N(CC(=O)N(Cc2ccc(C)cc2)[C@H](CC)C(=O)NC(C)(C)C)S(=O)(=O)c2ccc(Cl)cc2)cc1. The number of nitrogens with one attached hydrogen (secondary N) is 1. The van der Waals surface area contributed by atoms with Gasteiger partial charge in [0.15, 0.2) is 0 Å². The summed E-state index contributed by atoms with van der Waals surface area (Å²) in [6, 6.07) is 19.1. The van der Waals surface area contributed by atoms with Crippen LogP contribution in [0.3, 0.4) is 0 Å². The van der Waals surface area contributed by atoms with Crippen LogP contribution in [0.25, 0.3) is 0 Å². The molecule has 3 aromatic rings. The zero-order valence-electron chi connectivity index (χ0n) is 25.1. The predicted octanol–water partition coefficient (Wildman–Crippen LogP) is 5.96. The van der Waals surface area contributed by atoms with Crippen molar-refractivity contribution in [2.24, 2.45) is 0 Å². The summed E-state index contributed by atoms with van der Waals surface area (Å²) < 4.78 is 34.5. The quantitative estimate of drug-likeness (QED) is 0.272. The van der Waals surface area contributed by atoms with Gasteiger partial charge in [0, 0.05) is 17.1 Å². The summed E-state index contributed by atoms with van der Waals surface area (Å²) >= 11 is 6.02. The minimum absolute atomic E-state index is 0.0174. The van der Waals surface area contributed by atoms with E-state index < -0.39 is 34.1 Å². The van der Waals surface area contributed by atoms with Crippen molar-refractivity contribution < 1.29 is 22.7 Å². The summed E-state index contributed by atoms with van der Waals surface area (Å²) in [6.45, 7) is 11.3. The highest BCUT2D eigenvalue weighted by Crippen LogP contribution is 2.27. The summed E-state index contributed by atoms with van der Waals surface area (Å²) in [5.74, 6) is -0.251. The van der Waals surface area contributed by atoms with Crippen LogP contribution < -0.4 is 14.4 Å². The van der Waals surface area contributed by atoms with Crippen molar-refractivity contribution in [1.82, 2.24) is 10.2 Å². The van der Waals surface area contributed by atoms with E-state index in [0.717, 1.165) is 15.4 Å². The number of rotatable bonds is 12. The van der Waals surface area contributed by atoms with Gasteiger partial charge in [-0.05, 0) is 95.1 Å². The van der Waals surface area contributed by atoms with Crippen molar-refractivity contribution >= 4 is 39.1 Å². The Hall–Kier alpha value is -3.56. The first-order chi connectivity index (χ1) is 19.7. The second-order valence-electron chi connectivity index (χ2n) is 11.1. The third-order valence-electron chi connectivity index (χ3n) is 6.47. The molecule has 0 saturated heterocycles. The maximum Gasteiger partial charge on any atom is 0.264 e. The molecule has 0 aliphatic rings. The molecule has 10 heteroatoms. The van der Waals surface area contributed by atoms with Crippen LogP contribution >= 0.6 is 11.6 Å². The first-order valence-electron chi connectivity index (χ1n) is 13.9. The van der Waals surface area contributed by atoms with Crippen LogP contribution in [-0.4, -0.2) is 49.9 Å². The number of aryl methyl sites for hydroxylation is 1. The molecule has 0 fully saturated rings. The molecular weight excluding hydrogens is 574 g/mol. The molecule has 1 atom stereocenters. The highest BCUT2D eigenvalue weighted by Gasteiger charge is 2.34. The first-order valence-corrected chi connectivity index (χ1v) is 15.7. The van der Waals surface area contributed by atoms with E-state index in [9.17, 15) is 18.0 Å². The fourth-order valence-corrected chi connectivity index (χ4v) is 5.94. The number of nitrogens with zero attached hydrogens (tertiary/aromatic N) is 2. The van der Waals surface area contributed by atoms with Gasteiger partial charge in [-0.25, -0.2) is 8.42 Å². The highest BCUT2D eigenvalue weighted by molar-refractivity contribution is 7.92. The average molecular weight is 614 g/mol. The molecule has 0 aromatic heterocycles. The Bertz CT molecular complexity index is 1450. The van der Waals surface area contributed by atoms with Gasteiger partial charge in [-0.3, -0.25) is 13.9 Å². The monoisotopic (exact) mass is 613 g/mol. The molecule has 0 radical (unpaired) electrons. The van der Waals surface area contributed by atoms with Crippen molar-refractivity contribution in [3.8, 4) is 5.75 Å². The maximum absolute atomic E-state index is 14.2. The van der Waals surface area contributed by atoms with Gasteiger partial charge in [-0.2, -0.15) is 0 Å². The smallest absolute Gasteiger partial charge is 0.264 e. The zero-order chi connectivity index (χ0) is 31.1. The van der Waals surface area contributed by atoms with E-state index in [4.69, 9.17) is 16.3 Å². The molecule has 0 aliphatic heterocycles. The van der Waals surface area contributed by atoms with Gasteiger partial charge in [0.2, 0.25) is 11.8 Å². The lowest BCUT2D eigenvalue weighted by atomic mass is 10.1. The van der Waals surface area contributed by atoms with E-state index in [2.05, 4.69) is 5.32 Å². The second-order valence-corrected chi connectivity index (χ2v) is 13.4. The second kappa shape index (κ2) is 14.1. The minimum atomic E-state index is -4.20. The Kier molecular flexibility index (Phi) is 11.0. The van der Waals surface area contributed by atoms with Gasteiger partial charge in [0.1, 0.15) is 18.3 Å². The van der Waals surface area contributed by atoms with E-state index >= 15 is 0 Å². The van der Waals surface area contributed by atoms with Crippen molar-refractivity contribution in [3.63, 3.8) is 0 Å². The molecule has 0 unspecified atom stereocenters. The van der Waals surface area contributed by atoms with Crippen LogP contribution in [0.5, 0.6) is 5.75 Å². The summed E-state index contributed by atoms with van der Waals surface area (Å²) in [6.07, 6.45) is 0.340.